The lowest BCUT2D eigenvalue weighted by atomic mass is 10.2. The molecule has 1 aliphatic rings. The van der Waals surface area contributed by atoms with Crippen LogP contribution in [0.25, 0.3) is 0 Å². The van der Waals surface area contributed by atoms with Gasteiger partial charge < -0.3 is 15.4 Å². The fraction of sp³-hybridized carbons (Fsp3) is 0.538. The summed E-state index contributed by atoms with van der Waals surface area (Å²) in [6.45, 7) is 3.57. The fourth-order valence-corrected chi connectivity index (χ4v) is 2.22. The lowest BCUT2D eigenvalue weighted by molar-refractivity contribution is 0.116. The van der Waals surface area contributed by atoms with Crippen LogP contribution in [0.15, 0.2) is 12.1 Å². The van der Waals surface area contributed by atoms with Gasteiger partial charge in [-0.05, 0) is 31.9 Å². The molecule has 0 radical (unpaired) electrons. The number of hydrogen-bond acceptors (Lipinski definition) is 4. The molecule has 1 saturated heterocycles. The number of nitrogens with two attached hydrogens (primary N) is 1. The smallest absolute Gasteiger partial charge is 0.139 e. The average molecular weight is 248 g/mol. The van der Waals surface area contributed by atoms with Gasteiger partial charge >= 0.3 is 0 Å². The van der Waals surface area contributed by atoms with Crippen molar-refractivity contribution in [1.29, 1.82) is 5.41 Å². The SMILES string of the molecule is Cc1ccc(C(=N)N)c(N(C)CC2CCCO2)n1. The molecule has 2 heterocycles. The number of hydrogen-bond donors (Lipinski definition) is 2. The Bertz CT molecular complexity index is 441. The lowest BCUT2D eigenvalue weighted by Gasteiger charge is -2.24. The van der Waals surface area contributed by atoms with Crippen molar-refractivity contribution >= 4 is 11.7 Å². The van der Waals surface area contributed by atoms with Crippen molar-refractivity contribution in [3.05, 3.63) is 23.4 Å². The predicted octanol–water partition coefficient (Wildman–Crippen LogP) is 1.29. The van der Waals surface area contributed by atoms with E-state index in [2.05, 4.69) is 4.98 Å². The van der Waals surface area contributed by atoms with E-state index in [0.717, 1.165) is 37.5 Å². The van der Waals surface area contributed by atoms with Gasteiger partial charge in [-0.2, -0.15) is 0 Å². The quantitative estimate of drug-likeness (QED) is 0.622. The van der Waals surface area contributed by atoms with Gasteiger partial charge in [-0.3, -0.25) is 5.41 Å². The third-order valence-corrected chi connectivity index (χ3v) is 3.17. The summed E-state index contributed by atoms with van der Waals surface area (Å²) >= 11 is 0. The third kappa shape index (κ3) is 2.79. The van der Waals surface area contributed by atoms with E-state index < -0.39 is 0 Å². The van der Waals surface area contributed by atoms with Gasteiger partial charge in [-0.1, -0.05) is 0 Å². The van der Waals surface area contributed by atoms with Crippen LogP contribution in [0.1, 0.15) is 24.1 Å². The van der Waals surface area contributed by atoms with Crippen molar-refractivity contribution in [3.63, 3.8) is 0 Å². The Kier molecular flexibility index (Phi) is 3.81. The maximum Gasteiger partial charge on any atom is 0.139 e. The molecule has 0 saturated carbocycles. The largest absolute Gasteiger partial charge is 0.384 e. The molecule has 98 valence electrons. The molecule has 3 N–H and O–H groups in total. The molecule has 0 bridgehead atoms. The molecule has 1 aromatic heterocycles. The van der Waals surface area contributed by atoms with Crippen LogP contribution < -0.4 is 10.6 Å². The van der Waals surface area contributed by atoms with Gasteiger partial charge in [-0.25, -0.2) is 4.98 Å². The average Bonchev–Trinajstić information content (AvgIpc) is 2.81. The summed E-state index contributed by atoms with van der Waals surface area (Å²) in [5.74, 6) is 0.815. The van der Waals surface area contributed by atoms with Crippen LogP contribution in [-0.2, 0) is 4.74 Å². The van der Waals surface area contributed by atoms with E-state index >= 15 is 0 Å². The maximum atomic E-state index is 7.60. The van der Waals surface area contributed by atoms with Crippen molar-refractivity contribution in [3.8, 4) is 0 Å². The van der Waals surface area contributed by atoms with Crippen molar-refractivity contribution in [2.75, 3.05) is 25.1 Å². The minimum absolute atomic E-state index is 0.0525. The van der Waals surface area contributed by atoms with Gasteiger partial charge in [0.25, 0.3) is 0 Å². The minimum Gasteiger partial charge on any atom is -0.384 e. The van der Waals surface area contributed by atoms with Gasteiger partial charge in [0.15, 0.2) is 0 Å². The van der Waals surface area contributed by atoms with Gasteiger partial charge in [0.2, 0.25) is 0 Å². The summed E-state index contributed by atoms with van der Waals surface area (Å²) in [4.78, 5) is 6.51. The molecule has 0 spiro atoms. The molecule has 1 fully saturated rings. The first kappa shape index (κ1) is 12.8. The Balaban J connectivity index is 2.19. The fourth-order valence-electron chi connectivity index (χ4n) is 2.22. The number of nitrogens with one attached hydrogen (secondary N) is 1. The lowest BCUT2D eigenvalue weighted by Crippen LogP contribution is -2.31. The number of pyridine rings is 1. The van der Waals surface area contributed by atoms with Crippen LogP contribution in [-0.4, -0.2) is 37.1 Å². The van der Waals surface area contributed by atoms with Crippen LogP contribution in [0.2, 0.25) is 0 Å². The number of likely N-dealkylation sites (N-methyl/N-ethyl adjacent to an activating group) is 1. The molecule has 1 atom stereocenters. The van der Waals surface area contributed by atoms with E-state index in [1.165, 1.54) is 0 Å². The molecule has 18 heavy (non-hydrogen) atoms. The van der Waals surface area contributed by atoms with Crippen LogP contribution in [0.3, 0.4) is 0 Å². The highest BCUT2D eigenvalue weighted by atomic mass is 16.5. The van der Waals surface area contributed by atoms with Gasteiger partial charge in [-0.15, -0.1) is 0 Å². The number of nitrogen functional groups attached to an aromatic ring is 1. The number of aryl methyl sites for hydroxylation is 1. The molecule has 0 aromatic carbocycles. The molecule has 1 unspecified atom stereocenters. The number of rotatable bonds is 4. The first-order chi connectivity index (χ1) is 8.58. The Morgan fingerprint density at radius 3 is 3.00 bits per heavy atom. The van der Waals surface area contributed by atoms with E-state index in [-0.39, 0.29) is 11.9 Å². The van der Waals surface area contributed by atoms with Crippen molar-refractivity contribution in [1.82, 2.24) is 4.98 Å². The first-order valence-electron chi connectivity index (χ1n) is 6.22. The van der Waals surface area contributed by atoms with Crippen LogP contribution in [0.4, 0.5) is 5.82 Å². The highest BCUT2D eigenvalue weighted by Gasteiger charge is 2.20. The van der Waals surface area contributed by atoms with E-state index in [1.807, 2.05) is 31.0 Å². The number of amidine groups is 1. The predicted molar refractivity (Wildman–Crippen MR) is 72.2 cm³/mol. The Morgan fingerprint density at radius 1 is 1.61 bits per heavy atom. The molecule has 1 aromatic rings. The van der Waals surface area contributed by atoms with Gasteiger partial charge in [0.1, 0.15) is 11.7 Å². The summed E-state index contributed by atoms with van der Waals surface area (Å²) in [5, 5.41) is 7.60. The normalized spacial score (nSPS) is 18.9. The Morgan fingerprint density at radius 2 is 2.39 bits per heavy atom. The summed E-state index contributed by atoms with van der Waals surface area (Å²) in [5.41, 5.74) is 7.20. The van der Waals surface area contributed by atoms with Crippen molar-refractivity contribution < 1.29 is 4.74 Å². The second kappa shape index (κ2) is 5.35. The van der Waals surface area contributed by atoms with Crippen LogP contribution >= 0.6 is 0 Å². The van der Waals surface area contributed by atoms with E-state index in [0.29, 0.717) is 5.56 Å². The zero-order chi connectivity index (χ0) is 13.1. The molecular weight excluding hydrogens is 228 g/mol. The molecule has 5 heteroatoms. The second-order valence-corrected chi connectivity index (χ2v) is 4.75. The molecule has 5 nitrogen and oxygen atoms in total. The zero-order valence-corrected chi connectivity index (χ0v) is 10.9. The number of ether oxygens (including phenoxy) is 1. The molecule has 1 aliphatic heterocycles. The maximum absolute atomic E-state index is 7.60. The van der Waals surface area contributed by atoms with E-state index in [4.69, 9.17) is 15.9 Å². The summed E-state index contributed by atoms with van der Waals surface area (Å²) < 4.78 is 5.62. The van der Waals surface area contributed by atoms with Crippen molar-refractivity contribution in [2.24, 2.45) is 5.73 Å². The van der Waals surface area contributed by atoms with Crippen LogP contribution in [0.5, 0.6) is 0 Å². The van der Waals surface area contributed by atoms with E-state index in [1.54, 1.807) is 0 Å². The number of anilines is 1. The first-order valence-corrected chi connectivity index (χ1v) is 6.22. The van der Waals surface area contributed by atoms with Crippen molar-refractivity contribution in [2.45, 2.75) is 25.9 Å². The minimum atomic E-state index is 0.0525. The number of nitrogens with zero attached hydrogens (tertiary/aromatic N) is 2. The highest BCUT2D eigenvalue weighted by Crippen LogP contribution is 2.20. The Labute approximate surface area is 107 Å². The molecule has 2 rings (SSSR count). The third-order valence-electron chi connectivity index (χ3n) is 3.17. The zero-order valence-electron chi connectivity index (χ0n) is 10.9. The summed E-state index contributed by atoms with van der Waals surface area (Å²) in [6.07, 6.45) is 2.47. The molecule has 0 aliphatic carbocycles. The Hall–Kier alpha value is -1.62. The standard InChI is InChI=1S/C13H20N4O/c1-9-5-6-11(12(14)15)13(16-9)17(2)8-10-4-3-7-18-10/h5-6,10H,3-4,7-8H2,1-2H3,(H3,14,15). The van der Waals surface area contributed by atoms with Crippen LogP contribution in [0, 0.1) is 12.3 Å². The molecule has 0 amide bonds. The topological polar surface area (TPSA) is 75.2 Å². The molecular formula is C13H20N4O. The number of aromatic nitrogens is 1. The monoisotopic (exact) mass is 248 g/mol. The van der Waals surface area contributed by atoms with Gasteiger partial charge in [0, 0.05) is 25.9 Å². The summed E-state index contributed by atoms with van der Waals surface area (Å²) in [6, 6.07) is 3.73. The second-order valence-electron chi connectivity index (χ2n) is 4.75. The van der Waals surface area contributed by atoms with E-state index in [9.17, 15) is 0 Å². The summed E-state index contributed by atoms with van der Waals surface area (Å²) in [7, 11) is 1.97. The van der Waals surface area contributed by atoms with Gasteiger partial charge in [0.05, 0.1) is 11.7 Å². The highest BCUT2D eigenvalue weighted by molar-refractivity contribution is 5.99.